The summed E-state index contributed by atoms with van der Waals surface area (Å²) in [5, 5.41) is 3.80. The molecule has 2 fully saturated rings. The molecule has 9 heteroatoms. The van der Waals surface area contributed by atoms with E-state index in [9.17, 15) is 9.59 Å². The lowest BCUT2D eigenvalue weighted by atomic mass is 9.61. The maximum absolute atomic E-state index is 12.8. The maximum atomic E-state index is 12.8. The summed E-state index contributed by atoms with van der Waals surface area (Å²) in [6, 6.07) is 0. The number of carbonyl (C=O) groups is 2. The number of hydrogen-bond acceptors (Lipinski definition) is 7. The second-order valence-electron chi connectivity index (χ2n) is 9.57. The summed E-state index contributed by atoms with van der Waals surface area (Å²) in [6.45, 7) is 2.64. The SMILES string of the molecule is CON1CC[C@@](NC(=O)O[C@@H]2CC3=CN=CCC45CC(C)CC[C@H]4OC(=C35)C2)(OC)C1=O. The molecular formula is C23H31N3O6. The summed E-state index contributed by atoms with van der Waals surface area (Å²) < 4.78 is 17.6. The van der Waals surface area contributed by atoms with Crippen molar-refractivity contribution in [2.75, 3.05) is 20.8 Å². The van der Waals surface area contributed by atoms with E-state index in [0.717, 1.165) is 37.0 Å². The normalized spacial score (nSPS) is 38.0. The van der Waals surface area contributed by atoms with Gasteiger partial charge in [0, 0.05) is 49.8 Å². The number of alkyl carbamates (subject to hydrolysis) is 1. The minimum Gasteiger partial charge on any atom is -0.493 e. The first-order chi connectivity index (χ1) is 15.4. The van der Waals surface area contributed by atoms with Gasteiger partial charge in [0.1, 0.15) is 18.0 Å². The molecule has 0 bridgehead atoms. The summed E-state index contributed by atoms with van der Waals surface area (Å²) in [6.07, 6.45) is 8.56. The van der Waals surface area contributed by atoms with Gasteiger partial charge in [-0.15, -0.1) is 0 Å². The number of aliphatic imine (C=N–C) groups is 1. The fourth-order valence-electron chi connectivity index (χ4n) is 6.21. The standard InChI is InChI=1S/C23H31N3O6/c1-14-4-5-18-22(12-14)6-8-24-13-15-10-16(11-17(32-18)19(15)22)31-21(28)25-23(29-2)7-9-26(30-3)20(23)27/h8,13-14,16,18H,4-7,9-12H2,1-3H3,(H,25,28)/t14?,16-,18-,22?,23-/m1/s1. The molecule has 2 amide bonds. The van der Waals surface area contributed by atoms with E-state index in [0.29, 0.717) is 25.3 Å². The zero-order chi connectivity index (χ0) is 22.5. The van der Waals surface area contributed by atoms with Crippen molar-refractivity contribution >= 4 is 18.2 Å². The highest BCUT2D eigenvalue weighted by Crippen LogP contribution is 2.59. The predicted octanol–water partition coefficient (Wildman–Crippen LogP) is 2.83. The van der Waals surface area contributed by atoms with Crippen LogP contribution >= 0.6 is 0 Å². The number of hydrogen-bond donors (Lipinski definition) is 1. The van der Waals surface area contributed by atoms with Crippen LogP contribution in [-0.4, -0.2) is 62.0 Å². The number of carbonyl (C=O) groups excluding carboxylic acids is 2. The molecule has 1 spiro atoms. The Balaban J connectivity index is 1.33. The van der Waals surface area contributed by atoms with Crippen LogP contribution in [0.2, 0.25) is 0 Å². The second-order valence-corrected chi connectivity index (χ2v) is 9.57. The van der Waals surface area contributed by atoms with Crippen LogP contribution in [0.4, 0.5) is 4.79 Å². The molecule has 0 aromatic heterocycles. The first kappa shape index (κ1) is 21.5. The van der Waals surface area contributed by atoms with Gasteiger partial charge in [-0.3, -0.25) is 19.9 Å². The Labute approximate surface area is 187 Å². The lowest BCUT2D eigenvalue weighted by Gasteiger charge is -2.42. The van der Waals surface area contributed by atoms with Gasteiger partial charge in [-0.05, 0) is 37.2 Å². The molecule has 1 saturated heterocycles. The van der Waals surface area contributed by atoms with Gasteiger partial charge in [0.2, 0.25) is 5.72 Å². The number of nitrogens with one attached hydrogen (secondary N) is 1. The van der Waals surface area contributed by atoms with E-state index in [2.05, 4.69) is 17.2 Å². The number of nitrogens with zero attached hydrogens (tertiary/aromatic N) is 2. The predicted molar refractivity (Wildman–Crippen MR) is 114 cm³/mol. The summed E-state index contributed by atoms with van der Waals surface area (Å²) in [5.41, 5.74) is 0.906. The highest BCUT2D eigenvalue weighted by Gasteiger charge is 2.56. The van der Waals surface area contributed by atoms with E-state index in [1.165, 1.54) is 24.9 Å². The first-order valence-electron chi connectivity index (χ1n) is 11.4. The van der Waals surface area contributed by atoms with E-state index >= 15 is 0 Å². The van der Waals surface area contributed by atoms with E-state index in [4.69, 9.17) is 19.0 Å². The van der Waals surface area contributed by atoms with Crippen molar-refractivity contribution in [2.45, 2.75) is 69.8 Å². The van der Waals surface area contributed by atoms with Gasteiger partial charge in [-0.25, -0.2) is 9.86 Å². The van der Waals surface area contributed by atoms with Crippen LogP contribution in [0.1, 0.15) is 51.9 Å². The summed E-state index contributed by atoms with van der Waals surface area (Å²) in [4.78, 5) is 34.9. The van der Waals surface area contributed by atoms with Gasteiger partial charge in [0.25, 0.3) is 5.91 Å². The Morgan fingerprint density at radius 3 is 2.91 bits per heavy atom. The average Bonchev–Trinajstić information content (AvgIpc) is 3.18. The van der Waals surface area contributed by atoms with Crippen LogP contribution in [0.15, 0.2) is 28.1 Å². The molecule has 3 heterocycles. The molecule has 2 aliphatic carbocycles. The zero-order valence-corrected chi connectivity index (χ0v) is 18.9. The van der Waals surface area contributed by atoms with Gasteiger partial charge in [0.05, 0.1) is 13.7 Å². The Kier molecular flexibility index (Phi) is 5.28. The van der Waals surface area contributed by atoms with Crippen molar-refractivity contribution < 1.29 is 28.6 Å². The Morgan fingerprint density at radius 1 is 1.31 bits per heavy atom. The fourth-order valence-corrected chi connectivity index (χ4v) is 6.21. The highest BCUT2D eigenvalue weighted by atomic mass is 16.7. The molecule has 0 radical (unpaired) electrons. The molecule has 174 valence electrons. The van der Waals surface area contributed by atoms with E-state index < -0.39 is 23.8 Å². The van der Waals surface area contributed by atoms with Crippen LogP contribution in [-0.2, 0) is 23.8 Å². The van der Waals surface area contributed by atoms with Crippen LogP contribution in [0.5, 0.6) is 0 Å². The third-order valence-electron chi connectivity index (χ3n) is 7.67. The maximum Gasteiger partial charge on any atom is 0.410 e. The lowest BCUT2D eigenvalue weighted by molar-refractivity contribution is -0.181. The largest absolute Gasteiger partial charge is 0.493 e. The van der Waals surface area contributed by atoms with Crippen molar-refractivity contribution in [3.63, 3.8) is 0 Å². The third-order valence-corrected chi connectivity index (χ3v) is 7.67. The monoisotopic (exact) mass is 445 g/mol. The van der Waals surface area contributed by atoms with Gasteiger partial charge in [0.15, 0.2) is 0 Å². The van der Waals surface area contributed by atoms with Crippen LogP contribution in [0.3, 0.4) is 0 Å². The van der Waals surface area contributed by atoms with Crippen molar-refractivity contribution in [1.82, 2.24) is 10.4 Å². The molecule has 9 nitrogen and oxygen atoms in total. The van der Waals surface area contributed by atoms with Gasteiger partial charge in [-0.1, -0.05) is 6.92 Å². The van der Waals surface area contributed by atoms with Crippen molar-refractivity contribution in [1.29, 1.82) is 0 Å². The number of methoxy groups -OCH3 is 1. The number of ether oxygens (including phenoxy) is 3. The van der Waals surface area contributed by atoms with Crippen LogP contribution in [0.25, 0.3) is 0 Å². The van der Waals surface area contributed by atoms with Crippen molar-refractivity contribution in [3.05, 3.63) is 23.1 Å². The van der Waals surface area contributed by atoms with E-state index in [1.807, 2.05) is 12.4 Å². The molecule has 0 aromatic carbocycles. The van der Waals surface area contributed by atoms with E-state index in [1.54, 1.807) is 0 Å². The first-order valence-corrected chi connectivity index (χ1v) is 11.4. The van der Waals surface area contributed by atoms with Crippen molar-refractivity contribution in [3.8, 4) is 0 Å². The molecule has 1 N–H and O–H groups in total. The van der Waals surface area contributed by atoms with Crippen molar-refractivity contribution in [2.24, 2.45) is 16.3 Å². The van der Waals surface area contributed by atoms with E-state index in [-0.39, 0.29) is 17.9 Å². The molecule has 3 aliphatic heterocycles. The molecule has 2 unspecified atom stereocenters. The van der Waals surface area contributed by atoms with Gasteiger partial charge >= 0.3 is 6.09 Å². The minimum atomic E-state index is -1.48. The molecule has 0 aromatic rings. The number of hydroxylamine groups is 2. The van der Waals surface area contributed by atoms with Gasteiger partial charge in [-0.2, -0.15) is 0 Å². The molecule has 5 aliphatic rings. The Bertz CT molecular complexity index is 913. The van der Waals surface area contributed by atoms with Crippen LogP contribution < -0.4 is 5.32 Å². The fraction of sp³-hybridized carbons (Fsp3) is 0.696. The summed E-state index contributed by atoms with van der Waals surface area (Å²) in [5.74, 6) is 1.14. The third kappa shape index (κ3) is 3.25. The minimum absolute atomic E-state index is 0.00789. The Morgan fingerprint density at radius 2 is 2.16 bits per heavy atom. The van der Waals surface area contributed by atoms with Gasteiger partial charge < -0.3 is 14.2 Å². The molecular weight excluding hydrogens is 414 g/mol. The average molecular weight is 446 g/mol. The number of rotatable bonds is 4. The molecule has 5 atom stereocenters. The smallest absolute Gasteiger partial charge is 0.410 e. The molecule has 32 heavy (non-hydrogen) atoms. The quantitative estimate of drug-likeness (QED) is 0.668. The highest BCUT2D eigenvalue weighted by molar-refractivity contribution is 5.89. The Hall–Kier alpha value is -2.39. The molecule has 1 saturated carbocycles. The summed E-state index contributed by atoms with van der Waals surface area (Å²) >= 11 is 0. The second kappa shape index (κ2) is 7.88. The molecule has 5 rings (SSSR count). The zero-order valence-electron chi connectivity index (χ0n) is 18.9. The summed E-state index contributed by atoms with van der Waals surface area (Å²) in [7, 11) is 2.79. The van der Waals surface area contributed by atoms with Crippen LogP contribution in [0, 0.1) is 11.3 Å². The topological polar surface area (TPSA) is 98.7 Å². The number of amides is 2. The lowest BCUT2D eigenvalue weighted by Crippen LogP contribution is -2.56.